The topological polar surface area (TPSA) is 56.0 Å². The van der Waals surface area contributed by atoms with Crippen molar-refractivity contribution >= 4 is 32.5 Å². The molecule has 0 saturated carbocycles. The minimum atomic E-state index is -0.647. The van der Waals surface area contributed by atoms with Crippen molar-refractivity contribution < 1.29 is 9.31 Å². The molecule has 1 heterocycles. The summed E-state index contributed by atoms with van der Waals surface area (Å²) in [5, 5.41) is 11.0. The van der Waals surface area contributed by atoms with Gasteiger partial charge in [0.25, 0.3) is 5.69 Å². The van der Waals surface area contributed by atoms with Crippen LogP contribution in [-0.4, -0.2) is 9.91 Å². The number of aromatic nitrogens is 1. The van der Waals surface area contributed by atoms with Crippen LogP contribution in [0, 0.1) is 15.9 Å². The van der Waals surface area contributed by atoms with Gasteiger partial charge in [0.15, 0.2) is 0 Å². The van der Waals surface area contributed by atoms with Gasteiger partial charge >= 0.3 is 0 Å². The Labute approximate surface area is 92.0 Å². The van der Waals surface area contributed by atoms with Gasteiger partial charge in [-0.3, -0.25) is 10.1 Å². The first-order valence-corrected chi connectivity index (χ1v) is 4.76. The van der Waals surface area contributed by atoms with Gasteiger partial charge in [0, 0.05) is 16.1 Å². The van der Waals surface area contributed by atoms with E-state index in [1.165, 1.54) is 12.3 Å². The summed E-state index contributed by atoms with van der Waals surface area (Å²) in [4.78, 5) is 13.9. The highest BCUT2D eigenvalue weighted by molar-refractivity contribution is 9.10. The van der Waals surface area contributed by atoms with E-state index in [2.05, 4.69) is 20.9 Å². The highest BCUT2D eigenvalue weighted by Gasteiger charge is 2.15. The summed E-state index contributed by atoms with van der Waals surface area (Å²) in [6, 6.07) is 3.65. The van der Waals surface area contributed by atoms with E-state index in [1.54, 1.807) is 6.07 Å². The lowest BCUT2D eigenvalue weighted by molar-refractivity contribution is -0.383. The van der Waals surface area contributed by atoms with E-state index in [9.17, 15) is 14.5 Å². The Kier molecular flexibility index (Phi) is 2.36. The average Bonchev–Trinajstić information content (AvgIpc) is 2.15. The molecule has 0 radical (unpaired) electrons. The monoisotopic (exact) mass is 270 g/mol. The smallest absolute Gasteiger partial charge is 0.258 e. The second-order valence-electron chi connectivity index (χ2n) is 2.91. The molecule has 0 fully saturated rings. The Morgan fingerprint density at radius 3 is 2.80 bits per heavy atom. The number of rotatable bonds is 1. The lowest BCUT2D eigenvalue weighted by Gasteiger charge is -1.99. The number of nitro benzene ring substituents is 1. The number of hydrogen-bond donors (Lipinski definition) is 0. The van der Waals surface area contributed by atoms with E-state index in [-0.39, 0.29) is 11.2 Å². The van der Waals surface area contributed by atoms with Gasteiger partial charge in [-0.05, 0) is 28.1 Å². The van der Waals surface area contributed by atoms with E-state index in [1.807, 2.05) is 0 Å². The number of pyridine rings is 1. The van der Waals surface area contributed by atoms with Crippen LogP contribution in [0.5, 0.6) is 0 Å². The Morgan fingerprint density at radius 2 is 2.13 bits per heavy atom. The zero-order valence-corrected chi connectivity index (χ0v) is 8.86. The standard InChI is InChI=1S/C9H4BrFN2O2/c10-6-1-5-2-7(11)3-8(13(14)15)9(5)12-4-6/h1-4H. The number of nitro groups is 1. The minimum absolute atomic E-state index is 0.185. The molecule has 0 aliphatic heterocycles. The fourth-order valence-corrected chi connectivity index (χ4v) is 1.66. The summed E-state index contributed by atoms with van der Waals surface area (Å²) >= 11 is 3.16. The highest BCUT2D eigenvalue weighted by atomic mass is 79.9. The van der Waals surface area contributed by atoms with Crippen molar-refractivity contribution in [1.29, 1.82) is 0 Å². The molecule has 2 rings (SSSR count). The molecular formula is C9H4BrFN2O2. The van der Waals surface area contributed by atoms with Crippen LogP contribution in [0.25, 0.3) is 10.9 Å². The predicted molar refractivity (Wildman–Crippen MR) is 56.1 cm³/mol. The fourth-order valence-electron chi connectivity index (χ4n) is 1.31. The lowest BCUT2D eigenvalue weighted by Crippen LogP contribution is -1.93. The number of fused-ring (bicyclic) bond motifs is 1. The van der Waals surface area contributed by atoms with E-state index < -0.39 is 10.7 Å². The van der Waals surface area contributed by atoms with Crippen LogP contribution in [-0.2, 0) is 0 Å². The zero-order valence-electron chi connectivity index (χ0n) is 7.28. The van der Waals surface area contributed by atoms with E-state index in [0.717, 1.165) is 6.07 Å². The number of nitrogens with zero attached hydrogens (tertiary/aromatic N) is 2. The molecule has 0 bridgehead atoms. The first kappa shape index (κ1) is 9.97. The van der Waals surface area contributed by atoms with Crippen LogP contribution in [0.15, 0.2) is 28.9 Å². The molecular weight excluding hydrogens is 267 g/mol. The molecule has 0 unspecified atom stereocenters. The Balaban J connectivity index is 2.86. The first-order chi connectivity index (χ1) is 7.08. The van der Waals surface area contributed by atoms with Gasteiger partial charge < -0.3 is 0 Å². The molecule has 0 aliphatic carbocycles. The fraction of sp³-hybridized carbons (Fsp3) is 0. The van der Waals surface area contributed by atoms with Crippen molar-refractivity contribution in [3.05, 3.63) is 44.8 Å². The maximum atomic E-state index is 13.0. The largest absolute Gasteiger partial charge is 0.298 e. The van der Waals surface area contributed by atoms with E-state index in [0.29, 0.717) is 9.86 Å². The highest BCUT2D eigenvalue weighted by Crippen LogP contribution is 2.26. The van der Waals surface area contributed by atoms with Gasteiger partial charge in [-0.15, -0.1) is 0 Å². The van der Waals surface area contributed by atoms with Gasteiger partial charge in [-0.25, -0.2) is 9.37 Å². The zero-order chi connectivity index (χ0) is 11.0. The SMILES string of the molecule is O=[N+]([O-])c1cc(F)cc2cc(Br)cnc12. The first-order valence-electron chi connectivity index (χ1n) is 3.97. The number of benzene rings is 1. The van der Waals surface area contributed by atoms with Crippen LogP contribution >= 0.6 is 15.9 Å². The van der Waals surface area contributed by atoms with Gasteiger partial charge in [0.1, 0.15) is 11.3 Å². The maximum absolute atomic E-state index is 13.0. The van der Waals surface area contributed by atoms with Gasteiger partial charge in [0.05, 0.1) is 11.0 Å². The third-order valence-electron chi connectivity index (χ3n) is 1.89. The molecule has 2 aromatic rings. The second-order valence-corrected chi connectivity index (χ2v) is 3.82. The molecule has 4 nitrogen and oxygen atoms in total. The molecule has 1 aromatic carbocycles. The van der Waals surface area contributed by atoms with Crippen molar-refractivity contribution in [1.82, 2.24) is 4.98 Å². The van der Waals surface area contributed by atoms with Gasteiger partial charge in [-0.2, -0.15) is 0 Å². The second kappa shape index (κ2) is 3.54. The van der Waals surface area contributed by atoms with Gasteiger partial charge in [-0.1, -0.05) is 0 Å². The lowest BCUT2D eigenvalue weighted by atomic mass is 10.2. The van der Waals surface area contributed by atoms with Crippen molar-refractivity contribution in [3.63, 3.8) is 0 Å². The summed E-state index contributed by atoms with van der Waals surface area (Å²) in [5.74, 6) is -0.644. The molecule has 1 aromatic heterocycles. The molecule has 0 atom stereocenters. The molecule has 76 valence electrons. The summed E-state index contributed by atoms with van der Waals surface area (Å²) in [6.07, 6.45) is 1.44. The van der Waals surface area contributed by atoms with Crippen LogP contribution in [0.4, 0.5) is 10.1 Å². The normalized spacial score (nSPS) is 10.5. The average molecular weight is 271 g/mol. The minimum Gasteiger partial charge on any atom is -0.258 e. The molecule has 0 spiro atoms. The van der Waals surface area contributed by atoms with Crippen molar-refractivity contribution in [2.24, 2.45) is 0 Å². The van der Waals surface area contributed by atoms with Crippen molar-refractivity contribution in [2.45, 2.75) is 0 Å². The Hall–Kier alpha value is -1.56. The third kappa shape index (κ3) is 1.80. The molecule has 15 heavy (non-hydrogen) atoms. The van der Waals surface area contributed by atoms with Gasteiger partial charge in [0.2, 0.25) is 0 Å². The summed E-state index contributed by atoms with van der Waals surface area (Å²) in [6.45, 7) is 0. The van der Waals surface area contributed by atoms with Crippen LogP contribution in [0.2, 0.25) is 0 Å². The number of halogens is 2. The summed E-state index contributed by atoms with van der Waals surface area (Å²) in [5.41, 5.74) is -0.137. The third-order valence-corrected chi connectivity index (χ3v) is 2.32. The molecule has 6 heteroatoms. The van der Waals surface area contributed by atoms with Crippen LogP contribution in [0.3, 0.4) is 0 Å². The van der Waals surface area contributed by atoms with E-state index in [4.69, 9.17) is 0 Å². The maximum Gasteiger partial charge on any atom is 0.298 e. The Morgan fingerprint density at radius 1 is 1.40 bits per heavy atom. The molecule has 0 saturated heterocycles. The summed E-state index contributed by atoms with van der Waals surface area (Å²) < 4.78 is 13.7. The summed E-state index contributed by atoms with van der Waals surface area (Å²) in [7, 11) is 0. The predicted octanol–water partition coefficient (Wildman–Crippen LogP) is 3.04. The Bertz CT molecular complexity index is 554. The van der Waals surface area contributed by atoms with Crippen molar-refractivity contribution in [2.75, 3.05) is 0 Å². The van der Waals surface area contributed by atoms with Crippen LogP contribution in [0.1, 0.15) is 0 Å². The van der Waals surface area contributed by atoms with E-state index >= 15 is 0 Å². The molecule has 0 amide bonds. The molecule has 0 N–H and O–H groups in total. The quantitative estimate of drug-likeness (QED) is 0.591. The number of non-ortho nitro benzene ring substituents is 1. The molecule has 0 aliphatic rings. The van der Waals surface area contributed by atoms with Crippen LogP contribution < -0.4 is 0 Å². The number of hydrogen-bond acceptors (Lipinski definition) is 3. The van der Waals surface area contributed by atoms with Crippen molar-refractivity contribution in [3.8, 4) is 0 Å².